The van der Waals surface area contributed by atoms with Crippen LogP contribution in [0.3, 0.4) is 0 Å². The van der Waals surface area contributed by atoms with Crippen LogP contribution in [0.5, 0.6) is 5.75 Å². The molecule has 3 aromatic rings. The maximum absolute atomic E-state index is 12.4. The van der Waals surface area contributed by atoms with Crippen molar-refractivity contribution >= 4 is 22.7 Å². The maximum Gasteiger partial charge on any atom is 0.375 e. The summed E-state index contributed by atoms with van der Waals surface area (Å²) in [7, 11) is 1.53. The molecule has 1 heterocycles. The van der Waals surface area contributed by atoms with Crippen LogP contribution < -0.4 is 10.2 Å². The Bertz CT molecular complexity index is 1060. The molecule has 0 amide bonds. The molecule has 2 aromatic carbocycles. The van der Waals surface area contributed by atoms with Crippen molar-refractivity contribution in [3.8, 4) is 5.75 Å². The van der Waals surface area contributed by atoms with Crippen molar-refractivity contribution in [1.29, 1.82) is 0 Å². The minimum atomic E-state index is -1.04. The highest BCUT2D eigenvalue weighted by Gasteiger charge is 2.22. The monoisotopic (exact) mass is 366 g/mol. The summed E-state index contributed by atoms with van der Waals surface area (Å²) in [6.07, 6.45) is -1.04. The Balaban J connectivity index is 1.79. The molecular formula is C21H18O6. The molecule has 0 N–H and O–H groups in total. The minimum absolute atomic E-state index is 0.245. The molecule has 6 nitrogen and oxygen atoms in total. The van der Waals surface area contributed by atoms with Crippen molar-refractivity contribution in [2.24, 2.45) is 0 Å². The smallest absolute Gasteiger partial charge is 0.375 e. The van der Waals surface area contributed by atoms with Crippen molar-refractivity contribution in [1.82, 2.24) is 0 Å². The highest BCUT2D eigenvalue weighted by Crippen LogP contribution is 2.17. The van der Waals surface area contributed by atoms with Gasteiger partial charge < -0.3 is 13.9 Å². The van der Waals surface area contributed by atoms with E-state index in [1.54, 1.807) is 42.5 Å². The molecule has 0 bridgehead atoms. The first-order chi connectivity index (χ1) is 12.9. The number of benzene rings is 2. The molecule has 1 atom stereocenters. The summed E-state index contributed by atoms with van der Waals surface area (Å²) in [6, 6.07) is 12.6. The van der Waals surface area contributed by atoms with Crippen molar-refractivity contribution in [3.63, 3.8) is 0 Å². The molecule has 0 aliphatic carbocycles. The molecule has 0 saturated carbocycles. The number of carbonyl (C=O) groups is 2. The van der Waals surface area contributed by atoms with Gasteiger partial charge in [0.15, 0.2) is 11.5 Å². The van der Waals surface area contributed by atoms with Gasteiger partial charge in [-0.1, -0.05) is 11.6 Å². The SMILES string of the molecule is COc1ccc(C(=O)[C@@H](C)OC(=O)c2cc(=O)c3cc(C)ccc3o2)cc1. The number of ketones is 1. The van der Waals surface area contributed by atoms with Crippen LogP contribution in [-0.4, -0.2) is 25.0 Å². The number of aryl methyl sites for hydroxylation is 1. The zero-order valence-electron chi connectivity index (χ0n) is 15.1. The summed E-state index contributed by atoms with van der Waals surface area (Å²) >= 11 is 0. The first kappa shape index (κ1) is 18.4. The Morgan fingerprint density at radius 3 is 2.41 bits per heavy atom. The lowest BCUT2D eigenvalue weighted by Gasteiger charge is -2.12. The van der Waals surface area contributed by atoms with Crippen molar-refractivity contribution in [2.45, 2.75) is 20.0 Å². The van der Waals surface area contributed by atoms with Crippen LogP contribution in [-0.2, 0) is 4.74 Å². The van der Waals surface area contributed by atoms with Crippen LogP contribution in [0.4, 0.5) is 0 Å². The van der Waals surface area contributed by atoms with E-state index in [1.807, 2.05) is 6.92 Å². The Morgan fingerprint density at radius 1 is 1.04 bits per heavy atom. The average molecular weight is 366 g/mol. The third-order valence-corrected chi connectivity index (χ3v) is 4.11. The lowest BCUT2D eigenvalue weighted by molar-refractivity contribution is 0.0289. The number of fused-ring (bicyclic) bond motifs is 1. The van der Waals surface area contributed by atoms with Gasteiger partial charge in [-0.05, 0) is 50.2 Å². The van der Waals surface area contributed by atoms with Gasteiger partial charge in [-0.2, -0.15) is 0 Å². The number of ether oxygens (including phenoxy) is 2. The second-order valence-electron chi connectivity index (χ2n) is 6.11. The van der Waals surface area contributed by atoms with Crippen molar-refractivity contribution in [2.75, 3.05) is 7.11 Å². The molecule has 138 valence electrons. The van der Waals surface area contributed by atoms with Crippen molar-refractivity contribution in [3.05, 3.63) is 75.6 Å². The molecule has 6 heteroatoms. The van der Waals surface area contributed by atoms with E-state index in [0.717, 1.165) is 11.6 Å². The summed E-state index contributed by atoms with van der Waals surface area (Å²) < 4.78 is 15.7. The van der Waals surface area contributed by atoms with Gasteiger partial charge in [0.25, 0.3) is 0 Å². The number of carbonyl (C=O) groups excluding carboxylic acids is 2. The first-order valence-corrected chi connectivity index (χ1v) is 8.33. The van der Waals surface area contributed by atoms with E-state index in [9.17, 15) is 14.4 Å². The fourth-order valence-corrected chi connectivity index (χ4v) is 2.63. The van der Waals surface area contributed by atoms with E-state index < -0.39 is 12.1 Å². The van der Waals surface area contributed by atoms with Crippen LogP contribution in [0.2, 0.25) is 0 Å². The van der Waals surface area contributed by atoms with Crippen LogP contribution in [0.15, 0.2) is 57.7 Å². The fraction of sp³-hybridized carbons (Fsp3) is 0.190. The molecule has 0 aliphatic rings. The summed E-state index contributed by atoms with van der Waals surface area (Å²) in [5.74, 6) is -0.871. The quantitative estimate of drug-likeness (QED) is 0.507. The molecule has 0 aliphatic heterocycles. The Kier molecular flexibility index (Phi) is 5.07. The molecule has 27 heavy (non-hydrogen) atoms. The zero-order chi connectivity index (χ0) is 19.6. The number of Topliss-reactive ketones (excluding diaryl/α,β-unsaturated/α-hetero) is 1. The fourth-order valence-electron chi connectivity index (χ4n) is 2.63. The lowest BCUT2D eigenvalue weighted by atomic mass is 10.1. The molecule has 0 spiro atoms. The Labute approximate surface area is 155 Å². The normalized spacial score (nSPS) is 11.8. The predicted octanol–water partition coefficient (Wildman–Crippen LogP) is 3.54. The van der Waals surface area contributed by atoms with Crippen molar-refractivity contribution < 1.29 is 23.5 Å². The van der Waals surface area contributed by atoms with Crippen LogP contribution >= 0.6 is 0 Å². The minimum Gasteiger partial charge on any atom is -0.497 e. The highest BCUT2D eigenvalue weighted by atomic mass is 16.6. The molecule has 0 radical (unpaired) electrons. The zero-order valence-corrected chi connectivity index (χ0v) is 15.1. The second kappa shape index (κ2) is 7.45. The summed E-state index contributed by atoms with van der Waals surface area (Å²) in [5.41, 5.74) is 1.23. The second-order valence-corrected chi connectivity index (χ2v) is 6.11. The number of hydrogen-bond acceptors (Lipinski definition) is 6. The summed E-state index contributed by atoms with van der Waals surface area (Å²) in [5, 5.41) is 0.383. The first-order valence-electron chi connectivity index (χ1n) is 8.33. The van der Waals surface area contributed by atoms with Crippen LogP contribution in [0, 0.1) is 6.92 Å². The van der Waals surface area contributed by atoms with Crippen LogP contribution in [0.1, 0.15) is 33.4 Å². The lowest BCUT2D eigenvalue weighted by Crippen LogP contribution is -2.25. The highest BCUT2D eigenvalue weighted by molar-refractivity contribution is 6.01. The molecule has 0 saturated heterocycles. The van der Waals surface area contributed by atoms with Gasteiger partial charge >= 0.3 is 5.97 Å². The Morgan fingerprint density at radius 2 is 1.74 bits per heavy atom. The molecule has 1 aromatic heterocycles. The van der Waals surface area contributed by atoms with E-state index >= 15 is 0 Å². The van der Waals surface area contributed by atoms with Gasteiger partial charge in [0.2, 0.25) is 11.5 Å². The third-order valence-electron chi connectivity index (χ3n) is 4.11. The van der Waals surface area contributed by atoms with Gasteiger partial charge in [0.05, 0.1) is 12.5 Å². The number of esters is 1. The molecule has 0 fully saturated rings. The van der Waals surface area contributed by atoms with Gasteiger partial charge in [-0.15, -0.1) is 0 Å². The third kappa shape index (κ3) is 3.89. The van der Waals surface area contributed by atoms with Gasteiger partial charge in [0, 0.05) is 11.6 Å². The van der Waals surface area contributed by atoms with E-state index in [0.29, 0.717) is 16.7 Å². The topological polar surface area (TPSA) is 82.8 Å². The van der Waals surface area contributed by atoms with Gasteiger partial charge in [-0.3, -0.25) is 9.59 Å². The van der Waals surface area contributed by atoms with E-state index in [1.165, 1.54) is 14.0 Å². The maximum atomic E-state index is 12.4. The molecule has 3 rings (SSSR count). The van der Waals surface area contributed by atoms with Gasteiger partial charge in [0.1, 0.15) is 11.3 Å². The van der Waals surface area contributed by atoms with Crippen LogP contribution in [0.25, 0.3) is 11.0 Å². The number of methoxy groups -OCH3 is 1. The predicted molar refractivity (Wildman–Crippen MR) is 99.4 cm³/mol. The van der Waals surface area contributed by atoms with E-state index in [-0.39, 0.29) is 22.6 Å². The Hall–Kier alpha value is -3.41. The largest absolute Gasteiger partial charge is 0.497 e. The van der Waals surface area contributed by atoms with E-state index in [4.69, 9.17) is 13.9 Å². The van der Waals surface area contributed by atoms with E-state index in [2.05, 4.69) is 0 Å². The standard InChI is InChI=1S/C21H18O6/c1-12-4-9-18-16(10-12)17(22)11-19(27-18)21(24)26-13(2)20(23)14-5-7-15(25-3)8-6-14/h4-11,13H,1-3H3/t13-/m1/s1. The molecular weight excluding hydrogens is 348 g/mol. The summed E-state index contributed by atoms with van der Waals surface area (Å²) in [6.45, 7) is 3.32. The number of rotatable bonds is 5. The molecule has 0 unspecified atom stereocenters. The van der Waals surface area contributed by atoms with Gasteiger partial charge in [-0.25, -0.2) is 4.79 Å². The number of hydrogen-bond donors (Lipinski definition) is 0. The summed E-state index contributed by atoms with van der Waals surface area (Å²) in [4.78, 5) is 37.0. The average Bonchev–Trinajstić information content (AvgIpc) is 2.67.